The smallest absolute Gasteiger partial charge is 0.142 e. The number of fused-ring (bicyclic) bond motifs is 1. The van der Waals surface area contributed by atoms with Crippen molar-refractivity contribution >= 4 is 33.1 Å². The number of rotatable bonds is 4. The molecule has 3 rings (SSSR count). The summed E-state index contributed by atoms with van der Waals surface area (Å²) in [5.41, 5.74) is 2.13. The molecule has 0 fully saturated rings. The van der Waals surface area contributed by atoms with Crippen molar-refractivity contribution in [3.05, 3.63) is 47.1 Å². The molecule has 0 atom stereocenters. The number of aromatic nitrogens is 2. The van der Waals surface area contributed by atoms with Crippen molar-refractivity contribution in [2.24, 2.45) is 0 Å². The Morgan fingerprint density at radius 3 is 3.00 bits per heavy atom. The topological polar surface area (TPSA) is 47.0 Å². The van der Waals surface area contributed by atoms with Crippen LogP contribution in [0.25, 0.3) is 10.2 Å². The summed E-state index contributed by atoms with van der Waals surface area (Å²) >= 11 is 1.68. The molecule has 1 aromatic carbocycles. The fourth-order valence-electron chi connectivity index (χ4n) is 2.12. The lowest BCUT2D eigenvalue weighted by Crippen LogP contribution is -1.96. The summed E-state index contributed by atoms with van der Waals surface area (Å²) in [6.07, 6.45) is 1.60. The number of anilines is 2. The van der Waals surface area contributed by atoms with E-state index in [0.29, 0.717) is 6.61 Å². The number of hydrogen-bond donors (Lipinski definition) is 1. The van der Waals surface area contributed by atoms with Crippen LogP contribution in [0.2, 0.25) is 0 Å². The van der Waals surface area contributed by atoms with Gasteiger partial charge >= 0.3 is 0 Å². The Labute approximate surface area is 121 Å². The predicted molar refractivity (Wildman–Crippen MR) is 82.6 cm³/mol. The van der Waals surface area contributed by atoms with Crippen LogP contribution < -0.4 is 5.32 Å². The number of aryl methyl sites for hydroxylation is 1. The van der Waals surface area contributed by atoms with E-state index in [1.54, 1.807) is 24.8 Å². The van der Waals surface area contributed by atoms with Crippen LogP contribution in [-0.2, 0) is 11.3 Å². The normalized spacial score (nSPS) is 10.9. The maximum Gasteiger partial charge on any atom is 0.142 e. The number of thiophene rings is 1. The van der Waals surface area contributed by atoms with Crippen LogP contribution >= 0.6 is 11.3 Å². The lowest BCUT2D eigenvalue weighted by Gasteiger charge is -2.08. The molecule has 0 spiro atoms. The first-order valence-electron chi connectivity index (χ1n) is 6.32. The fraction of sp³-hybridized carbons (Fsp3) is 0.200. The van der Waals surface area contributed by atoms with Crippen LogP contribution in [-0.4, -0.2) is 17.1 Å². The number of ether oxygens (including phenoxy) is 1. The molecule has 0 aliphatic rings. The van der Waals surface area contributed by atoms with Crippen molar-refractivity contribution in [1.29, 1.82) is 0 Å². The van der Waals surface area contributed by atoms with E-state index in [0.717, 1.165) is 27.3 Å². The van der Waals surface area contributed by atoms with Gasteiger partial charge in [-0.25, -0.2) is 9.97 Å². The summed E-state index contributed by atoms with van der Waals surface area (Å²) in [7, 11) is 1.70. The Bertz CT molecular complexity index is 739. The van der Waals surface area contributed by atoms with E-state index >= 15 is 0 Å². The van der Waals surface area contributed by atoms with Crippen LogP contribution in [0.5, 0.6) is 0 Å². The van der Waals surface area contributed by atoms with E-state index in [2.05, 4.69) is 34.3 Å². The van der Waals surface area contributed by atoms with Crippen molar-refractivity contribution in [3.63, 3.8) is 0 Å². The summed E-state index contributed by atoms with van der Waals surface area (Å²) in [5.74, 6) is 0.842. The van der Waals surface area contributed by atoms with Crippen LogP contribution in [0.3, 0.4) is 0 Å². The molecule has 0 aliphatic carbocycles. The number of nitrogens with zero attached hydrogens (tertiary/aromatic N) is 2. The Hall–Kier alpha value is -1.98. The van der Waals surface area contributed by atoms with Crippen LogP contribution in [0, 0.1) is 6.92 Å². The zero-order valence-electron chi connectivity index (χ0n) is 11.4. The molecule has 0 radical (unpaired) electrons. The molecule has 2 aromatic heterocycles. The van der Waals surface area contributed by atoms with Gasteiger partial charge in [0.1, 0.15) is 17.0 Å². The molecule has 0 bridgehead atoms. The predicted octanol–water partition coefficient (Wildman–Crippen LogP) is 3.89. The molecule has 0 aliphatic heterocycles. The molecule has 0 amide bonds. The van der Waals surface area contributed by atoms with Crippen LogP contribution in [0.4, 0.5) is 11.5 Å². The number of methoxy groups -OCH3 is 1. The Balaban J connectivity index is 1.94. The summed E-state index contributed by atoms with van der Waals surface area (Å²) in [6.45, 7) is 2.68. The number of benzene rings is 1. The van der Waals surface area contributed by atoms with E-state index in [1.807, 2.05) is 18.2 Å². The van der Waals surface area contributed by atoms with Gasteiger partial charge in [0.2, 0.25) is 0 Å². The second-order valence-electron chi connectivity index (χ2n) is 4.56. The molecule has 3 aromatic rings. The highest BCUT2D eigenvalue weighted by Crippen LogP contribution is 2.29. The first-order chi connectivity index (χ1) is 9.76. The van der Waals surface area contributed by atoms with Crippen LogP contribution in [0.1, 0.15) is 10.4 Å². The first kappa shape index (κ1) is 13.0. The summed E-state index contributed by atoms with van der Waals surface area (Å²) in [6, 6.07) is 10.2. The highest BCUT2D eigenvalue weighted by atomic mass is 32.1. The van der Waals surface area contributed by atoms with E-state index in [9.17, 15) is 0 Å². The minimum absolute atomic E-state index is 0.603. The Morgan fingerprint density at radius 1 is 1.25 bits per heavy atom. The second kappa shape index (κ2) is 5.56. The van der Waals surface area contributed by atoms with Crippen molar-refractivity contribution in [1.82, 2.24) is 9.97 Å². The second-order valence-corrected chi connectivity index (χ2v) is 5.79. The average molecular weight is 285 g/mol. The van der Waals surface area contributed by atoms with Gasteiger partial charge in [-0.2, -0.15) is 0 Å². The maximum absolute atomic E-state index is 5.15. The molecule has 0 saturated carbocycles. The van der Waals surface area contributed by atoms with Gasteiger partial charge in [0.25, 0.3) is 0 Å². The standard InChI is InChI=1S/C15H15N3OS/c1-10-6-13-14(16-9-17-15(13)20-10)18-12-5-3-4-11(7-12)8-19-2/h3-7,9H,8H2,1-2H3,(H,16,17,18). The van der Waals surface area contributed by atoms with E-state index in [1.165, 1.54) is 4.88 Å². The number of hydrogen-bond acceptors (Lipinski definition) is 5. The molecular formula is C15H15N3OS. The van der Waals surface area contributed by atoms with Gasteiger partial charge in [-0.1, -0.05) is 12.1 Å². The minimum Gasteiger partial charge on any atom is -0.380 e. The zero-order valence-corrected chi connectivity index (χ0v) is 12.2. The largest absolute Gasteiger partial charge is 0.380 e. The highest BCUT2D eigenvalue weighted by molar-refractivity contribution is 7.18. The maximum atomic E-state index is 5.15. The molecule has 102 valence electrons. The molecule has 0 unspecified atom stereocenters. The zero-order chi connectivity index (χ0) is 13.9. The van der Waals surface area contributed by atoms with E-state index in [4.69, 9.17) is 4.74 Å². The SMILES string of the molecule is COCc1cccc(Nc2ncnc3sc(C)cc23)c1. The van der Waals surface area contributed by atoms with Gasteiger partial charge in [-0.15, -0.1) is 11.3 Å². The number of nitrogens with one attached hydrogen (secondary N) is 1. The minimum atomic E-state index is 0.603. The molecule has 0 saturated heterocycles. The fourth-order valence-corrected chi connectivity index (χ4v) is 2.97. The summed E-state index contributed by atoms with van der Waals surface area (Å²) in [5, 5.41) is 4.42. The van der Waals surface area contributed by atoms with Crippen LogP contribution in [0.15, 0.2) is 36.7 Å². The average Bonchev–Trinajstić information content (AvgIpc) is 2.81. The molecule has 2 heterocycles. The molecule has 1 N–H and O–H groups in total. The Kier molecular flexibility index (Phi) is 3.62. The summed E-state index contributed by atoms with van der Waals surface area (Å²) < 4.78 is 5.15. The van der Waals surface area contributed by atoms with Gasteiger partial charge in [0, 0.05) is 17.7 Å². The third-order valence-corrected chi connectivity index (χ3v) is 3.91. The van der Waals surface area contributed by atoms with Gasteiger partial charge in [-0.3, -0.25) is 0 Å². The van der Waals surface area contributed by atoms with Gasteiger partial charge in [0.15, 0.2) is 0 Å². The molecular weight excluding hydrogens is 270 g/mol. The Morgan fingerprint density at radius 2 is 2.15 bits per heavy atom. The summed E-state index contributed by atoms with van der Waals surface area (Å²) in [4.78, 5) is 10.9. The lowest BCUT2D eigenvalue weighted by molar-refractivity contribution is 0.185. The third-order valence-electron chi connectivity index (χ3n) is 2.95. The monoisotopic (exact) mass is 285 g/mol. The van der Waals surface area contributed by atoms with Crippen molar-refractivity contribution in [2.75, 3.05) is 12.4 Å². The molecule has 20 heavy (non-hydrogen) atoms. The van der Waals surface area contributed by atoms with Crippen molar-refractivity contribution in [3.8, 4) is 0 Å². The van der Waals surface area contributed by atoms with Gasteiger partial charge < -0.3 is 10.1 Å². The van der Waals surface area contributed by atoms with E-state index in [-0.39, 0.29) is 0 Å². The van der Waals surface area contributed by atoms with Crippen molar-refractivity contribution < 1.29 is 4.74 Å². The lowest BCUT2D eigenvalue weighted by atomic mass is 10.2. The molecule has 5 heteroatoms. The highest BCUT2D eigenvalue weighted by Gasteiger charge is 2.07. The van der Waals surface area contributed by atoms with Gasteiger partial charge in [-0.05, 0) is 30.7 Å². The quantitative estimate of drug-likeness (QED) is 0.790. The molecule has 4 nitrogen and oxygen atoms in total. The first-order valence-corrected chi connectivity index (χ1v) is 7.14. The third kappa shape index (κ3) is 2.64. The van der Waals surface area contributed by atoms with Gasteiger partial charge in [0.05, 0.1) is 12.0 Å². The van der Waals surface area contributed by atoms with Crippen molar-refractivity contribution in [2.45, 2.75) is 13.5 Å². The van der Waals surface area contributed by atoms with E-state index < -0.39 is 0 Å².